The zero-order chi connectivity index (χ0) is 13.5. The standard InChI is InChI=1S/C12H17ClN2O2S/c1-9(18(2)17)7-14-8-12(16)15-11-5-3-10(13)4-6-11/h3-6,9,14H,7-8H2,1-2H3,(H,15,16). The van der Waals surface area contributed by atoms with E-state index in [-0.39, 0.29) is 17.7 Å². The van der Waals surface area contributed by atoms with Gasteiger partial charge in [0.05, 0.1) is 6.54 Å². The summed E-state index contributed by atoms with van der Waals surface area (Å²) in [6.07, 6.45) is 1.65. The third-order valence-electron chi connectivity index (χ3n) is 2.41. The van der Waals surface area contributed by atoms with Crippen LogP contribution in [0.1, 0.15) is 6.92 Å². The van der Waals surface area contributed by atoms with E-state index in [1.807, 2.05) is 6.92 Å². The van der Waals surface area contributed by atoms with Crippen molar-refractivity contribution >= 4 is 34.0 Å². The summed E-state index contributed by atoms with van der Waals surface area (Å²) in [5, 5.41) is 6.37. The van der Waals surface area contributed by atoms with Crippen molar-refractivity contribution in [2.24, 2.45) is 0 Å². The maximum Gasteiger partial charge on any atom is 0.238 e. The molecule has 2 unspecified atom stereocenters. The molecular formula is C12H17ClN2O2S. The molecule has 0 radical (unpaired) electrons. The van der Waals surface area contributed by atoms with Crippen molar-refractivity contribution in [2.45, 2.75) is 12.2 Å². The first-order valence-electron chi connectivity index (χ1n) is 5.57. The van der Waals surface area contributed by atoms with Crippen molar-refractivity contribution in [2.75, 3.05) is 24.7 Å². The van der Waals surface area contributed by atoms with Gasteiger partial charge in [-0.3, -0.25) is 9.00 Å². The van der Waals surface area contributed by atoms with Gasteiger partial charge in [0.15, 0.2) is 0 Å². The minimum atomic E-state index is -0.874. The van der Waals surface area contributed by atoms with Crippen LogP contribution in [0.2, 0.25) is 5.02 Å². The maximum absolute atomic E-state index is 11.6. The van der Waals surface area contributed by atoms with Gasteiger partial charge in [-0.1, -0.05) is 11.6 Å². The Labute approximate surface area is 115 Å². The Balaban J connectivity index is 2.30. The van der Waals surface area contributed by atoms with Crippen LogP contribution in [0.5, 0.6) is 0 Å². The summed E-state index contributed by atoms with van der Waals surface area (Å²) >= 11 is 5.74. The summed E-state index contributed by atoms with van der Waals surface area (Å²) in [4.78, 5) is 11.6. The monoisotopic (exact) mass is 288 g/mol. The Morgan fingerprint density at radius 1 is 1.39 bits per heavy atom. The smallest absolute Gasteiger partial charge is 0.238 e. The third-order valence-corrected chi connectivity index (χ3v) is 3.96. The number of amides is 1. The van der Waals surface area contributed by atoms with Crippen LogP contribution in [-0.2, 0) is 15.6 Å². The number of carbonyl (C=O) groups is 1. The molecule has 0 aliphatic rings. The highest BCUT2D eigenvalue weighted by Crippen LogP contribution is 2.12. The van der Waals surface area contributed by atoms with E-state index in [0.29, 0.717) is 17.3 Å². The van der Waals surface area contributed by atoms with Gasteiger partial charge >= 0.3 is 0 Å². The molecule has 2 atom stereocenters. The molecule has 0 aromatic heterocycles. The number of halogens is 1. The number of carbonyl (C=O) groups excluding carboxylic acids is 1. The fourth-order valence-corrected chi connectivity index (χ4v) is 1.72. The van der Waals surface area contributed by atoms with Gasteiger partial charge in [-0.05, 0) is 31.2 Å². The zero-order valence-corrected chi connectivity index (χ0v) is 12.0. The molecule has 100 valence electrons. The van der Waals surface area contributed by atoms with E-state index in [1.165, 1.54) is 0 Å². The fraction of sp³-hybridized carbons (Fsp3) is 0.417. The Morgan fingerprint density at radius 3 is 2.56 bits per heavy atom. The second-order valence-electron chi connectivity index (χ2n) is 4.00. The Hall–Kier alpha value is -0.910. The summed E-state index contributed by atoms with van der Waals surface area (Å²) in [6.45, 7) is 2.63. The van der Waals surface area contributed by atoms with E-state index >= 15 is 0 Å². The van der Waals surface area contributed by atoms with Crippen LogP contribution in [0.3, 0.4) is 0 Å². The van der Waals surface area contributed by atoms with Crippen LogP contribution in [-0.4, -0.2) is 34.7 Å². The molecule has 0 bridgehead atoms. The number of nitrogens with one attached hydrogen (secondary N) is 2. The second-order valence-corrected chi connectivity index (χ2v) is 6.23. The minimum absolute atomic E-state index is 0.0355. The van der Waals surface area contributed by atoms with Crippen molar-refractivity contribution in [3.8, 4) is 0 Å². The van der Waals surface area contributed by atoms with Crippen LogP contribution < -0.4 is 10.6 Å². The van der Waals surface area contributed by atoms with Gasteiger partial charge in [-0.25, -0.2) is 0 Å². The molecule has 0 heterocycles. The Kier molecular flexibility index (Phi) is 6.32. The Morgan fingerprint density at radius 2 is 2.00 bits per heavy atom. The average molecular weight is 289 g/mol. The zero-order valence-electron chi connectivity index (χ0n) is 10.4. The molecule has 0 spiro atoms. The maximum atomic E-state index is 11.6. The van der Waals surface area contributed by atoms with Crippen molar-refractivity contribution in [3.63, 3.8) is 0 Å². The highest BCUT2D eigenvalue weighted by molar-refractivity contribution is 7.84. The molecule has 0 aliphatic carbocycles. The number of benzene rings is 1. The van der Waals surface area contributed by atoms with Crippen LogP contribution in [0.25, 0.3) is 0 Å². The van der Waals surface area contributed by atoms with Crippen molar-refractivity contribution in [1.82, 2.24) is 5.32 Å². The van der Waals surface area contributed by atoms with E-state index < -0.39 is 10.8 Å². The van der Waals surface area contributed by atoms with Crippen LogP contribution in [0.4, 0.5) is 5.69 Å². The second kappa shape index (κ2) is 7.51. The minimum Gasteiger partial charge on any atom is -0.325 e. The molecule has 4 nitrogen and oxygen atoms in total. The molecule has 0 saturated heterocycles. The van der Waals surface area contributed by atoms with E-state index in [9.17, 15) is 9.00 Å². The van der Waals surface area contributed by atoms with Gasteiger partial charge in [-0.2, -0.15) is 0 Å². The largest absolute Gasteiger partial charge is 0.325 e. The summed E-state index contributed by atoms with van der Waals surface area (Å²) in [7, 11) is -0.874. The first-order valence-corrected chi connectivity index (χ1v) is 7.57. The SMILES string of the molecule is CC(CNCC(=O)Nc1ccc(Cl)cc1)S(C)=O. The topological polar surface area (TPSA) is 58.2 Å². The summed E-state index contributed by atoms with van der Waals surface area (Å²) in [5.74, 6) is -0.133. The highest BCUT2D eigenvalue weighted by atomic mass is 35.5. The lowest BCUT2D eigenvalue weighted by Crippen LogP contribution is -2.34. The molecule has 0 aliphatic heterocycles. The van der Waals surface area contributed by atoms with Crippen molar-refractivity contribution in [3.05, 3.63) is 29.3 Å². The van der Waals surface area contributed by atoms with E-state index in [2.05, 4.69) is 10.6 Å². The predicted octanol–water partition coefficient (Wildman–Crippen LogP) is 1.64. The van der Waals surface area contributed by atoms with Crippen molar-refractivity contribution < 1.29 is 9.00 Å². The molecule has 18 heavy (non-hydrogen) atoms. The normalized spacial score (nSPS) is 13.9. The first-order chi connectivity index (χ1) is 8.49. The molecule has 6 heteroatoms. The van der Waals surface area contributed by atoms with Crippen LogP contribution in [0, 0.1) is 0 Å². The van der Waals surface area contributed by atoms with E-state index in [0.717, 1.165) is 0 Å². The average Bonchev–Trinajstić information content (AvgIpc) is 2.32. The lowest BCUT2D eigenvalue weighted by Gasteiger charge is -2.10. The molecule has 1 rings (SSSR count). The summed E-state index contributed by atoms with van der Waals surface area (Å²) in [6, 6.07) is 6.91. The molecule has 0 saturated carbocycles. The van der Waals surface area contributed by atoms with Gasteiger partial charge in [0.2, 0.25) is 5.91 Å². The highest BCUT2D eigenvalue weighted by Gasteiger charge is 2.07. The van der Waals surface area contributed by atoms with Gasteiger partial charge in [0.1, 0.15) is 0 Å². The summed E-state index contributed by atoms with van der Waals surface area (Å²) in [5.41, 5.74) is 0.707. The lowest BCUT2D eigenvalue weighted by molar-refractivity contribution is -0.115. The van der Waals surface area contributed by atoms with E-state index in [4.69, 9.17) is 11.6 Å². The first kappa shape index (κ1) is 15.1. The predicted molar refractivity (Wildman–Crippen MR) is 76.5 cm³/mol. The molecule has 1 amide bonds. The molecular weight excluding hydrogens is 272 g/mol. The fourth-order valence-electron chi connectivity index (χ4n) is 1.24. The summed E-state index contributed by atoms with van der Waals surface area (Å²) < 4.78 is 11.1. The van der Waals surface area contributed by atoms with Crippen molar-refractivity contribution in [1.29, 1.82) is 0 Å². The number of hydrogen-bond donors (Lipinski definition) is 2. The van der Waals surface area contributed by atoms with Crippen LogP contribution >= 0.6 is 11.6 Å². The van der Waals surface area contributed by atoms with Gasteiger partial charge in [0, 0.05) is 39.6 Å². The number of rotatable bonds is 6. The van der Waals surface area contributed by atoms with Gasteiger partial charge in [-0.15, -0.1) is 0 Å². The number of hydrogen-bond acceptors (Lipinski definition) is 3. The molecule has 0 fully saturated rings. The Bertz CT molecular complexity index is 423. The molecule has 1 aromatic carbocycles. The van der Waals surface area contributed by atoms with Gasteiger partial charge < -0.3 is 10.6 Å². The van der Waals surface area contributed by atoms with Crippen LogP contribution in [0.15, 0.2) is 24.3 Å². The molecule has 1 aromatic rings. The molecule has 2 N–H and O–H groups in total. The van der Waals surface area contributed by atoms with Gasteiger partial charge in [0.25, 0.3) is 0 Å². The number of anilines is 1. The quantitative estimate of drug-likeness (QED) is 0.837. The third kappa shape index (κ3) is 5.62. The lowest BCUT2D eigenvalue weighted by atomic mass is 10.3. The van der Waals surface area contributed by atoms with E-state index in [1.54, 1.807) is 30.5 Å².